The van der Waals surface area contributed by atoms with Gasteiger partial charge in [-0.15, -0.1) is 0 Å². The van der Waals surface area contributed by atoms with Gasteiger partial charge in [-0.1, -0.05) is 19.9 Å². The molecular formula is C15H19F2N3. The number of nitrogens with zero attached hydrogens (tertiary/aromatic N) is 2. The Kier molecular flexibility index (Phi) is 4.37. The summed E-state index contributed by atoms with van der Waals surface area (Å²) < 4.78 is 28.0. The quantitative estimate of drug-likeness (QED) is 0.903. The molecule has 2 aromatic rings. The number of aryl methyl sites for hydroxylation is 1. The number of imidazole rings is 1. The zero-order valence-corrected chi connectivity index (χ0v) is 12.0. The molecule has 2 rings (SSSR count). The summed E-state index contributed by atoms with van der Waals surface area (Å²) in [4.78, 5) is 4.40. The van der Waals surface area contributed by atoms with E-state index in [4.69, 9.17) is 0 Å². The van der Waals surface area contributed by atoms with E-state index in [1.165, 1.54) is 6.07 Å². The third kappa shape index (κ3) is 3.56. The third-order valence-corrected chi connectivity index (χ3v) is 2.89. The van der Waals surface area contributed by atoms with Gasteiger partial charge in [0.2, 0.25) is 5.95 Å². The maximum atomic E-state index is 13.1. The lowest BCUT2D eigenvalue weighted by Gasteiger charge is -2.11. The minimum atomic E-state index is -0.828. The molecule has 0 fully saturated rings. The van der Waals surface area contributed by atoms with Crippen LogP contribution >= 0.6 is 0 Å². The maximum Gasteiger partial charge on any atom is 0.203 e. The molecule has 0 aliphatic rings. The number of hydrogen-bond acceptors (Lipinski definition) is 2. The smallest absolute Gasteiger partial charge is 0.203 e. The van der Waals surface area contributed by atoms with E-state index in [2.05, 4.69) is 24.1 Å². The summed E-state index contributed by atoms with van der Waals surface area (Å²) in [7, 11) is 0. The minimum absolute atomic E-state index is 0.408. The van der Waals surface area contributed by atoms with Crippen LogP contribution in [0.25, 0.3) is 0 Å². The van der Waals surface area contributed by atoms with Crippen molar-refractivity contribution in [2.45, 2.75) is 33.9 Å². The molecule has 1 aromatic carbocycles. The molecule has 0 aliphatic heterocycles. The molecule has 3 nitrogen and oxygen atoms in total. The van der Waals surface area contributed by atoms with Crippen LogP contribution < -0.4 is 5.32 Å². The molecule has 0 spiro atoms. The van der Waals surface area contributed by atoms with Crippen LogP contribution in [0.5, 0.6) is 0 Å². The van der Waals surface area contributed by atoms with Gasteiger partial charge < -0.3 is 9.88 Å². The molecule has 0 saturated carbocycles. The van der Waals surface area contributed by atoms with Gasteiger partial charge in [0.05, 0.1) is 5.69 Å². The van der Waals surface area contributed by atoms with Crippen molar-refractivity contribution in [3.05, 3.63) is 47.3 Å². The summed E-state index contributed by atoms with van der Waals surface area (Å²) in [6, 6.07) is 3.90. The van der Waals surface area contributed by atoms with Crippen LogP contribution in [0.1, 0.15) is 25.1 Å². The van der Waals surface area contributed by atoms with Crippen LogP contribution in [0.4, 0.5) is 14.7 Å². The second kappa shape index (κ2) is 6.03. The van der Waals surface area contributed by atoms with Crippen molar-refractivity contribution < 1.29 is 8.78 Å². The number of aromatic nitrogens is 2. The standard InChI is InChI=1S/C15H19F2N3/c1-10(2)8-20-9-11(3)19-15(20)18-7-12-4-5-13(16)14(17)6-12/h4-6,9-10H,7-8H2,1-3H3,(H,18,19). The fourth-order valence-corrected chi connectivity index (χ4v) is 2.05. The van der Waals surface area contributed by atoms with Crippen molar-refractivity contribution in [1.29, 1.82) is 0 Å². The number of anilines is 1. The zero-order chi connectivity index (χ0) is 14.7. The molecule has 0 bridgehead atoms. The molecule has 0 amide bonds. The summed E-state index contributed by atoms with van der Waals surface area (Å²) in [6.07, 6.45) is 1.98. The normalized spacial score (nSPS) is 11.1. The molecule has 0 unspecified atom stereocenters. The highest BCUT2D eigenvalue weighted by Crippen LogP contribution is 2.14. The first-order chi connectivity index (χ1) is 9.45. The molecule has 1 heterocycles. The lowest BCUT2D eigenvalue weighted by molar-refractivity contribution is 0.507. The van der Waals surface area contributed by atoms with Gasteiger partial charge in [-0.2, -0.15) is 0 Å². The molecule has 0 aliphatic carbocycles. The van der Waals surface area contributed by atoms with Gasteiger partial charge in [-0.25, -0.2) is 13.8 Å². The second-order valence-corrected chi connectivity index (χ2v) is 5.35. The summed E-state index contributed by atoms with van der Waals surface area (Å²) in [5.41, 5.74) is 1.61. The van der Waals surface area contributed by atoms with Gasteiger partial charge in [-0.05, 0) is 30.5 Å². The predicted octanol–water partition coefficient (Wildman–Crippen LogP) is 3.74. The van der Waals surface area contributed by atoms with E-state index in [0.717, 1.165) is 24.3 Å². The van der Waals surface area contributed by atoms with Crippen LogP contribution in [0.3, 0.4) is 0 Å². The van der Waals surface area contributed by atoms with E-state index in [1.807, 2.05) is 17.7 Å². The monoisotopic (exact) mass is 279 g/mol. The van der Waals surface area contributed by atoms with E-state index in [0.29, 0.717) is 18.0 Å². The summed E-state index contributed by atoms with van der Waals surface area (Å²) in [6.45, 7) is 7.47. The molecule has 1 N–H and O–H groups in total. The highest BCUT2D eigenvalue weighted by Gasteiger charge is 2.08. The number of rotatable bonds is 5. The summed E-state index contributed by atoms with van der Waals surface area (Å²) in [5.74, 6) is -0.398. The van der Waals surface area contributed by atoms with Crippen molar-refractivity contribution in [2.24, 2.45) is 5.92 Å². The molecule has 0 atom stereocenters. The zero-order valence-electron chi connectivity index (χ0n) is 12.0. The van der Waals surface area contributed by atoms with Crippen molar-refractivity contribution >= 4 is 5.95 Å². The van der Waals surface area contributed by atoms with E-state index in [9.17, 15) is 8.78 Å². The summed E-state index contributed by atoms with van der Waals surface area (Å²) in [5, 5.41) is 3.17. The van der Waals surface area contributed by atoms with Crippen LogP contribution in [0, 0.1) is 24.5 Å². The maximum absolute atomic E-state index is 13.1. The first kappa shape index (κ1) is 14.5. The van der Waals surface area contributed by atoms with E-state index < -0.39 is 11.6 Å². The molecule has 0 saturated heterocycles. The molecule has 20 heavy (non-hydrogen) atoms. The first-order valence-electron chi connectivity index (χ1n) is 6.67. The molecule has 0 radical (unpaired) electrons. The van der Waals surface area contributed by atoms with Crippen LogP contribution in [-0.4, -0.2) is 9.55 Å². The third-order valence-electron chi connectivity index (χ3n) is 2.89. The van der Waals surface area contributed by atoms with Gasteiger partial charge >= 0.3 is 0 Å². The van der Waals surface area contributed by atoms with Crippen molar-refractivity contribution in [1.82, 2.24) is 9.55 Å². The highest BCUT2D eigenvalue weighted by atomic mass is 19.2. The molecule has 108 valence electrons. The fourth-order valence-electron chi connectivity index (χ4n) is 2.05. The van der Waals surface area contributed by atoms with E-state index in [1.54, 1.807) is 6.07 Å². The van der Waals surface area contributed by atoms with Gasteiger partial charge in [-0.3, -0.25) is 0 Å². The van der Waals surface area contributed by atoms with Crippen LogP contribution in [0.2, 0.25) is 0 Å². The van der Waals surface area contributed by atoms with Crippen LogP contribution in [-0.2, 0) is 13.1 Å². The van der Waals surface area contributed by atoms with Gasteiger partial charge in [0.25, 0.3) is 0 Å². The largest absolute Gasteiger partial charge is 0.352 e. The van der Waals surface area contributed by atoms with Crippen molar-refractivity contribution in [3.63, 3.8) is 0 Å². The Morgan fingerprint density at radius 3 is 2.65 bits per heavy atom. The lowest BCUT2D eigenvalue weighted by Crippen LogP contribution is -2.10. The summed E-state index contributed by atoms with van der Waals surface area (Å²) >= 11 is 0. The minimum Gasteiger partial charge on any atom is -0.352 e. The fraction of sp³-hybridized carbons (Fsp3) is 0.400. The van der Waals surface area contributed by atoms with Crippen molar-refractivity contribution in [2.75, 3.05) is 5.32 Å². The van der Waals surface area contributed by atoms with Gasteiger partial charge in [0.1, 0.15) is 0 Å². The van der Waals surface area contributed by atoms with Gasteiger partial charge in [0.15, 0.2) is 11.6 Å². The highest BCUT2D eigenvalue weighted by molar-refractivity contribution is 5.31. The van der Waals surface area contributed by atoms with Crippen LogP contribution in [0.15, 0.2) is 24.4 Å². The Bertz CT molecular complexity index is 591. The number of benzene rings is 1. The van der Waals surface area contributed by atoms with Crippen molar-refractivity contribution in [3.8, 4) is 0 Å². The van der Waals surface area contributed by atoms with E-state index in [-0.39, 0.29) is 0 Å². The molecular weight excluding hydrogens is 260 g/mol. The predicted molar refractivity (Wildman–Crippen MR) is 75.5 cm³/mol. The van der Waals surface area contributed by atoms with E-state index >= 15 is 0 Å². The lowest BCUT2D eigenvalue weighted by atomic mass is 10.2. The Labute approximate surface area is 117 Å². The Hall–Kier alpha value is -1.91. The van der Waals surface area contributed by atoms with Gasteiger partial charge in [0, 0.05) is 19.3 Å². The number of hydrogen-bond donors (Lipinski definition) is 1. The number of nitrogens with one attached hydrogen (secondary N) is 1. The average Bonchev–Trinajstić information content (AvgIpc) is 2.70. The SMILES string of the molecule is Cc1cn(CC(C)C)c(NCc2ccc(F)c(F)c2)n1. The Morgan fingerprint density at radius 2 is 2.00 bits per heavy atom. The number of halogens is 2. The first-order valence-corrected chi connectivity index (χ1v) is 6.67. The Morgan fingerprint density at radius 1 is 1.25 bits per heavy atom. The second-order valence-electron chi connectivity index (χ2n) is 5.35. The molecule has 1 aromatic heterocycles. The average molecular weight is 279 g/mol. The molecule has 5 heteroatoms. The topological polar surface area (TPSA) is 29.9 Å². The Balaban J connectivity index is 2.08.